The molecule has 0 saturated carbocycles. The molecule has 0 aliphatic carbocycles. The third-order valence-electron chi connectivity index (χ3n) is 4.68. The first-order valence-corrected chi connectivity index (χ1v) is 10.5. The van der Waals surface area contributed by atoms with Gasteiger partial charge in [-0.3, -0.25) is 19.6 Å². The molecule has 160 valence electrons. The van der Waals surface area contributed by atoms with Crippen LogP contribution in [0.1, 0.15) is 21.5 Å². The van der Waals surface area contributed by atoms with Gasteiger partial charge in [0.05, 0.1) is 25.2 Å². The highest BCUT2D eigenvalue weighted by atomic mass is 32.2. The quantitative estimate of drug-likeness (QED) is 0.401. The molecule has 1 aliphatic rings. The molecule has 1 heterocycles. The Balaban J connectivity index is 1.96. The summed E-state index contributed by atoms with van der Waals surface area (Å²) in [4.78, 5) is 23.6. The number of nitro benzene ring substituents is 1. The molecule has 11 heteroatoms. The summed E-state index contributed by atoms with van der Waals surface area (Å²) in [7, 11) is -2.53. The van der Waals surface area contributed by atoms with E-state index in [9.17, 15) is 23.3 Å². The molecule has 0 amide bonds. The van der Waals surface area contributed by atoms with Crippen molar-refractivity contribution in [3.05, 3.63) is 63.2 Å². The highest BCUT2D eigenvalue weighted by Gasteiger charge is 2.28. The molecular formula is C19H21N3O7S. The van der Waals surface area contributed by atoms with E-state index in [-0.39, 0.29) is 37.6 Å². The lowest BCUT2D eigenvalue weighted by Crippen LogP contribution is -2.43. The van der Waals surface area contributed by atoms with Crippen LogP contribution in [0.3, 0.4) is 0 Å². The van der Waals surface area contributed by atoms with Gasteiger partial charge in [0.25, 0.3) is 5.69 Å². The molecule has 0 radical (unpaired) electrons. The van der Waals surface area contributed by atoms with E-state index < -0.39 is 26.6 Å². The molecule has 1 aliphatic heterocycles. The molecule has 1 fully saturated rings. The molecule has 2 aromatic rings. The zero-order valence-corrected chi connectivity index (χ0v) is 17.3. The standard InChI is InChI=1S/C19H21N3O7S/c1-13-11-15(28-2)4-5-16(13)19(23)14-3-6-18(22(24)25)17(12-14)20-30(26,27)21-7-9-29-10-8-21/h3-6,11-12,20H,7-10H2,1-2H3. The molecular weight excluding hydrogens is 414 g/mol. The van der Waals surface area contributed by atoms with Crippen LogP contribution in [0.2, 0.25) is 0 Å². The highest BCUT2D eigenvalue weighted by Crippen LogP contribution is 2.29. The third kappa shape index (κ3) is 4.58. The van der Waals surface area contributed by atoms with Crippen molar-refractivity contribution in [3.8, 4) is 5.75 Å². The van der Waals surface area contributed by atoms with Crippen molar-refractivity contribution in [2.45, 2.75) is 6.92 Å². The van der Waals surface area contributed by atoms with Gasteiger partial charge < -0.3 is 9.47 Å². The molecule has 30 heavy (non-hydrogen) atoms. The third-order valence-corrected chi connectivity index (χ3v) is 6.21. The Kier molecular flexibility index (Phi) is 6.34. The predicted octanol–water partition coefficient (Wildman–Crippen LogP) is 2.13. The first-order chi connectivity index (χ1) is 14.2. The second-order valence-corrected chi connectivity index (χ2v) is 8.29. The number of nitrogens with one attached hydrogen (secondary N) is 1. The maximum atomic E-state index is 13.0. The van der Waals surface area contributed by atoms with Gasteiger partial charge >= 0.3 is 10.2 Å². The molecule has 3 rings (SSSR count). The summed E-state index contributed by atoms with van der Waals surface area (Å²) in [6, 6.07) is 8.52. The fourth-order valence-electron chi connectivity index (χ4n) is 3.08. The number of ketones is 1. The largest absolute Gasteiger partial charge is 0.497 e. The van der Waals surface area contributed by atoms with Crippen LogP contribution in [-0.2, 0) is 14.9 Å². The normalized spacial score (nSPS) is 14.9. The van der Waals surface area contributed by atoms with Crippen molar-refractivity contribution in [1.82, 2.24) is 4.31 Å². The molecule has 1 N–H and O–H groups in total. The van der Waals surface area contributed by atoms with Gasteiger partial charge in [0, 0.05) is 30.3 Å². The van der Waals surface area contributed by atoms with Crippen molar-refractivity contribution in [1.29, 1.82) is 0 Å². The number of hydrogen-bond donors (Lipinski definition) is 1. The van der Waals surface area contributed by atoms with Gasteiger partial charge in [-0.25, -0.2) is 0 Å². The van der Waals surface area contributed by atoms with Crippen LogP contribution in [0.25, 0.3) is 0 Å². The number of nitrogens with zero attached hydrogens (tertiary/aromatic N) is 2. The molecule has 0 unspecified atom stereocenters. The molecule has 1 saturated heterocycles. The average molecular weight is 435 g/mol. The second-order valence-electron chi connectivity index (χ2n) is 6.62. The minimum absolute atomic E-state index is 0.119. The van der Waals surface area contributed by atoms with E-state index in [4.69, 9.17) is 9.47 Å². The Morgan fingerprint density at radius 1 is 1.20 bits per heavy atom. The molecule has 0 bridgehead atoms. The van der Waals surface area contributed by atoms with Crippen LogP contribution < -0.4 is 9.46 Å². The maximum Gasteiger partial charge on any atom is 0.302 e. The van der Waals surface area contributed by atoms with Crippen LogP contribution in [0, 0.1) is 17.0 Å². The number of morpholine rings is 1. The Labute approximate surface area is 173 Å². The van der Waals surface area contributed by atoms with Crippen LogP contribution in [0.4, 0.5) is 11.4 Å². The molecule has 0 atom stereocenters. The Morgan fingerprint density at radius 3 is 2.50 bits per heavy atom. The monoisotopic (exact) mass is 435 g/mol. The van der Waals surface area contributed by atoms with Crippen LogP contribution in [0.15, 0.2) is 36.4 Å². The zero-order chi connectivity index (χ0) is 21.9. The SMILES string of the molecule is COc1ccc(C(=O)c2ccc([N+](=O)[O-])c(NS(=O)(=O)N3CCOCC3)c2)c(C)c1. The summed E-state index contributed by atoms with van der Waals surface area (Å²) in [6.07, 6.45) is 0. The Morgan fingerprint density at radius 2 is 1.90 bits per heavy atom. The van der Waals surface area contributed by atoms with E-state index in [0.717, 1.165) is 10.4 Å². The van der Waals surface area contributed by atoms with Crippen molar-refractivity contribution < 1.29 is 27.6 Å². The lowest BCUT2D eigenvalue weighted by atomic mass is 9.98. The fraction of sp³-hybridized carbons (Fsp3) is 0.316. The number of carbonyl (C=O) groups excluding carboxylic acids is 1. The van der Waals surface area contributed by atoms with Crippen LogP contribution >= 0.6 is 0 Å². The van der Waals surface area contributed by atoms with E-state index >= 15 is 0 Å². The van der Waals surface area contributed by atoms with Gasteiger partial charge in [-0.05, 0) is 42.8 Å². The number of benzene rings is 2. The minimum Gasteiger partial charge on any atom is -0.497 e. The number of carbonyl (C=O) groups is 1. The molecule has 0 spiro atoms. The summed E-state index contributed by atoms with van der Waals surface area (Å²) in [5.41, 5.74) is 0.437. The van der Waals surface area contributed by atoms with E-state index in [1.807, 2.05) is 0 Å². The number of ether oxygens (including phenoxy) is 2. The Hall–Kier alpha value is -3.02. The van der Waals surface area contributed by atoms with Gasteiger partial charge in [-0.2, -0.15) is 12.7 Å². The number of methoxy groups -OCH3 is 1. The summed E-state index contributed by atoms with van der Waals surface area (Å²) in [5, 5.41) is 11.4. The lowest BCUT2D eigenvalue weighted by molar-refractivity contribution is -0.383. The van der Waals surface area contributed by atoms with Crippen molar-refractivity contribution in [3.63, 3.8) is 0 Å². The number of nitro groups is 1. The topological polar surface area (TPSA) is 128 Å². The summed E-state index contributed by atoms with van der Waals surface area (Å²) >= 11 is 0. The van der Waals surface area contributed by atoms with Gasteiger partial charge in [0.2, 0.25) is 0 Å². The van der Waals surface area contributed by atoms with Gasteiger partial charge in [-0.15, -0.1) is 0 Å². The first kappa shape index (κ1) is 21.7. The first-order valence-electron chi connectivity index (χ1n) is 9.06. The van der Waals surface area contributed by atoms with Crippen molar-refractivity contribution in [2.24, 2.45) is 0 Å². The summed E-state index contributed by atoms with van der Waals surface area (Å²) < 4.78 is 38.9. The summed E-state index contributed by atoms with van der Waals surface area (Å²) in [6.45, 7) is 2.47. The number of anilines is 1. The summed E-state index contributed by atoms with van der Waals surface area (Å²) in [5.74, 6) is 0.198. The lowest BCUT2D eigenvalue weighted by Gasteiger charge is -2.26. The van der Waals surface area contributed by atoms with Crippen molar-refractivity contribution >= 4 is 27.4 Å². The zero-order valence-electron chi connectivity index (χ0n) is 16.5. The molecule has 2 aromatic carbocycles. The fourth-order valence-corrected chi connectivity index (χ4v) is 4.28. The van der Waals surface area contributed by atoms with Gasteiger partial charge in [0.1, 0.15) is 11.4 Å². The number of hydrogen-bond acceptors (Lipinski definition) is 7. The second kappa shape index (κ2) is 8.78. The Bertz CT molecular complexity index is 1080. The highest BCUT2D eigenvalue weighted by molar-refractivity contribution is 7.90. The maximum absolute atomic E-state index is 13.0. The van der Waals surface area contributed by atoms with Gasteiger partial charge in [0.15, 0.2) is 5.78 Å². The van der Waals surface area contributed by atoms with Gasteiger partial charge in [-0.1, -0.05) is 0 Å². The van der Waals surface area contributed by atoms with Crippen LogP contribution in [0.5, 0.6) is 5.75 Å². The van der Waals surface area contributed by atoms with E-state index in [1.165, 1.54) is 19.2 Å². The minimum atomic E-state index is -4.05. The average Bonchev–Trinajstić information content (AvgIpc) is 2.73. The number of rotatable bonds is 7. The van der Waals surface area contributed by atoms with Crippen LogP contribution in [-0.4, -0.2) is 56.8 Å². The smallest absolute Gasteiger partial charge is 0.302 e. The van der Waals surface area contributed by atoms with E-state index in [0.29, 0.717) is 16.9 Å². The molecule has 0 aromatic heterocycles. The molecule has 10 nitrogen and oxygen atoms in total. The predicted molar refractivity (Wildman–Crippen MR) is 109 cm³/mol. The number of aryl methyl sites for hydroxylation is 1. The van der Waals surface area contributed by atoms with E-state index in [1.54, 1.807) is 25.1 Å². The van der Waals surface area contributed by atoms with Crippen molar-refractivity contribution in [2.75, 3.05) is 38.1 Å². The van der Waals surface area contributed by atoms with E-state index in [2.05, 4.69) is 4.72 Å².